The lowest BCUT2D eigenvalue weighted by molar-refractivity contribution is -0.0913. The molecule has 1 saturated heterocycles. The number of nitrogens with zero attached hydrogens (tertiary/aromatic N) is 4. The molecular weight excluding hydrogens is 450 g/mol. The highest BCUT2D eigenvalue weighted by Gasteiger charge is 2.45. The summed E-state index contributed by atoms with van der Waals surface area (Å²) in [7, 11) is 1.65. The summed E-state index contributed by atoms with van der Waals surface area (Å²) in [5, 5.41) is 4.43. The lowest BCUT2D eigenvalue weighted by Gasteiger charge is -2.37. The van der Waals surface area contributed by atoms with E-state index in [1.807, 2.05) is 42.8 Å². The maximum atomic E-state index is 13.7. The number of amidine groups is 1. The zero-order chi connectivity index (χ0) is 24.8. The van der Waals surface area contributed by atoms with Crippen molar-refractivity contribution in [3.05, 3.63) is 82.9 Å². The van der Waals surface area contributed by atoms with Crippen LogP contribution in [0.1, 0.15) is 49.1 Å². The number of aryl methyl sites for hydroxylation is 1. The average molecular weight is 479 g/mol. The van der Waals surface area contributed by atoms with Crippen LogP contribution in [-0.2, 0) is 16.5 Å². The summed E-state index contributed by atoms with van der Waals surface area (Å²) in [6, 6.07) is 12.4. The lowest BCUT2D eigenvalue weighted by Crippen LogP contribution is -2.47. The largest absolute Gasteiger partial charge is 0.495 e. The van der Waals surface area contributed by atoms with E-state index in [0.717, 1.165) is 66.0 Å². The van der Waals surface area contributed by atoms with Crippen LogP contribution in [0.4, 0.5) is 8.78 Å². The number of alkyl halides is 2. The molecule has 3 heterocycles. The van der Waals surface area contributed by atoms with Gasteiger partial charge < -0.3 is 19.0 Å². The fraction of sp³-hybridized carbons (Fsp3) is 0.333. The van der Waals surface area contributed by atoms with Gasteiger partial charge in [-0.05, 0) is 49.1 Å². The topological polar surface area (TPSA) is 51.9 Å². The van der Waals surface area contributed by atoms with Crippen LogP contribution in [0.15, 0.2) is 65.7 Å². The molecule has 6 nitrogen and oxygen atoms in total. The summed E-state index contributed by atoms with van der Waals surface area (Å²) in [5.41, 5.74) is 3.81. The van der Waals surface area contributed by atoms with Gasteiger partial charge in [-0.2, -0.15) is 0 Å². The zero-order valence-corrected chi connectivity index (χ0v) is 20.3. The van der Waals surface area contributed by atoms with Crippen molar-refractivity contribution in [1.82, 2.24) is 14.5 Å². The Morgan fingerprint density at radius 1 is 1.17 bits per heavy atom. The van der Waals surface area contributed by atoms with Crippen LogP contribution >= 0.6 is 0 Å². The second-order valence-corrected chi connectivity index (χ2v) is 9.23. The molecule has 3 aromatic rings. The van der Waals surface area contributed by atoms with Crippen LogP contribution in [0.3, 0.4) is 0 Å². The van der Waals surface area contributed by atoms with Crippen molar-refractivity contribution in [2.45, 2.75) is 45.3 Å². The summed E-state index contributed by atoms with van der Waals surface area (Å²) in [6.07, 6.45) is 7.61. The quantitative estimate of drug-likeness (QED) is 0.452. The van der Waals surface area contributed by atoms with E-state index in [-0.39, 0.29) is 5.56 Å². The minimum absolute atomic E-state index is 0.0218. The monoisotopic (exact) mass is 478 g/mol. The molecule has 1 fully saturated rings. The number of benzene rings is 2. The van der Waals surface area contributed by atoms with Crippen molar-refractivity contribution >= 4 is 11.9 Å². The summed E-state index contributed by atoms with van der Waals surface area (Å²) in [6.45, 7) is 5.54. The van der Waals surface area contributed by atoms with Crippen LogP contribution < -0.4 is 4.74 Å². The SMILES string of the molecule is COc1cc(C=C2CCCN3C2=NOC3(C)c2ccc(C(C)(F)F)cc2)ccc1-n1cnc(C)c1. The molecule has 0 bridgehead atoms. The summed E-state index contributed by atoms with van der Waals surface area (Å²) in [4.78, 5) is 12.4. The minimum Gasteiger partial charge on any atom is -0.495 e. The molecule has 1 atom stereocenters. The van der Waals surface area contributed by atoms with Gasteiger partial charge in [-0.25, -0.2) is 13.8 Å². The number of imidazole rings is 1. The molecule has 8 heteroatoms. The van der Waals surface area contributed by atoms with Crippen molar-refractivity contribution in [2.75, 3.05) is 13.7 Å². The highest BCUT2D eigenvalue weighted by molar-refractivity contribution is 6.03. The molecule has 182 valence electrons. The van der Waals surface area contributed by atoms with E-state index in [1.54, 1.807) is 25.6 Å². The van der Waals surface area contributed by atoms with E-state index >= 15 is 0 Å². The molecule has 0 spiro atoms. The zero-order valence-electron chi connectivity index (χ0n) is 20.3. The second kappa shape index (κ2) is 8.52. The second-order valence-electron chi connectivity index (χ2n) is 9.23. The Morgan fingerprint density at radius 2 is 1.94 bits per heavy atom. The van der Waals surface area contributed by atoms with Gasteiger partial charge in [0.1, 0.15) is 5.75 Å². The van der Waals surface area contributed by atoms with Gasteiger partial charge in [0, 0.05) is 37.7 Å². The highest BCUT2D eigenvalue weighted by Crippen LogP contribution is 2.41. The van der Waals surface area contributed by atoms with Gasteiger partial charge in [-0.1, -0.05) is 35.5 Å². The number of methoxy groups -OCH3 is 1. The Labute approximate surface area is 203 Å². The number of ether oxygens (including phenoxy) is 1. The van der Waals surface area contributed by atoms with Crippen molar-refractivity contribution < 1.29 is 18.4 Å². The Bertz CT molecular complexity index is 1310. The molecule has 1 unspecified atom stereocenters. The van der Waals surface area contributed by atoms with Crippen molar-refractivity contribution in [3.8, 4) is 11.4 Å². The van der Waals surface area contributed by atoms with E-state index < -0.39 is 11.6 Å². The maximum Gasteiger partial charge on any atom is 0.270 e. The van der Waals surface area contributed by atoms with Crippen LogP contribution in [0.5, 0.6) is 5.75 Å². The first-order valence-electron chi connectivity index (χ1n) is 11.6. The number of fused-ring (bicyclic) bond motifs is 1. The summed E-state index contributed by atoms with van der Waals surface area (Å²) >= 11 is 0. The molecule has 2 aromatic carbocycles. The van der Waals surface area contributed by atoms with Gasteiger partial charge in [0.2, 0.25) is 5.72 Å². The van der Waals surface area contributed by atoms with Crippen molar-refractivity contribution in [1.29, 1.82) is 0 Å². The molecule has 2 aliphatic rings. The third kappa shape index (κ3) is 4.17. The predicted molar refractivity (Wildman–Crippen MR) is 131 cm³/mol. The molecule has 5 rings (SSSR count). The molecule has 0 aliphatic carbocycles. The first-order chi connectivity index (χ1) is 16.7. The van der Waals surface area contributed by atoms with Crippen molar-refractivity contribution in [3.63, 3.8) is 0 Å². The number of rotatable bonds is 5. The number of hydrogen-bond donors (Lipinski definition) is 0. The van der Waals surface area contributed by atoms with Gasteiger partial charge in [0.15, 0.2) is 5.84 Å². The Kier molecular flexibility index (Phi) is 5.62. The number of oxime groups is 1. The Morgan fingerprint density at radius 3 is 2.60 bits per heavy atom. The van der Waals surface area contributed by atoms with Gasteiger partial charge in [0.25, 0.3) is 5.92 Å². The Balaban J connectivity index is 1.43. The average Bonchev–Trinajstić information content (AvgIpc) is 3.43. The molecule has 0 saturated carbocycles. The van der Waals surface area contributed by atoms with Gasteiger partial charge in [0.05, 0.1) is 24.8 Å². The first kappa shape index (κ1) is 23.1. The fourth-order valence-electron chi connectivity index (χ4n) is 4.69. The molecule has 2 aliphatic heterocycles. The first-order valence-corrected chi connectivity index (χ1v) is 11.6. The predicted octanol–water partition coefficient (Wildman–Crippen LogP) is 6.00. The van der Waals surface area contributed by atoms with E-state index in [0.29, 0.717) is 0 Å². The summed E-state index contributed by atoms with van der Waals surface area (Å²) < 4.78 is 34.9. The van der Waals surface area contributed by atoms with E-state index in [4.69, 9.17) is 9.57 Å². The van der Waals surface area contributed by atoms with E-state index in [9.17, 15) is 8.78 Å². The molecule has 0 radical (unpaired) electrons. The van der Waals surface area contributed by atoms with Crippen LogP contribution in [0, 0.1) is 6.92 Å². The van der Waals surface area contributed by atoms with E-state index in [1.165, 1.54) is 12.1 Å². The van der Waals surface area contributed by atoms with Crippen LogP contribution in [0.2, 0.25) is 0 Å². The van der Waals surface area contributed by atoms with E-state index in [2.05, 4.69) is 21.1 Å². The molecular formula is C27H28F2N4O2. The van der Waals surface area contributed by atoms with Crippen molar-refractivity contribution in [2.24, 2.45) is 5.16 Å². The third-order valence-corrected chi connectivity index (χ3v) is 6.66. The van der Waals surface area contributed by atoms with Gasteiger partial charge >= 0.3 is 0 Å². The number of halogens is 2. The number of piperidine rings is 1. The third-order valence-electron chi connectivity index (χ3n) is 6.66. The number of aromatic nitrogens is 2. The fourth-order valence-corrected chi connectivity index (χ4v) is 4.69. The molecule has 0 amide bonds. The molecule has 1 aromatic heterocycles. The molecule has 0 N–H and O–H groups in total. The molecule has 35 heavy (non-hydrogen) atoms. The summed E-state index contributed by atoms with van der Waals surface area (Å²) in [5.74, 6) is -1.37. The standard InChI is InChI=1S/C27H28F2N4O2/c1-18-16-32(17-30-18)23-12-7-19(15-24(23)34-4)14-20-6-5-13-33-25(20)31-35-27(33,3)22-10-8-21(9-11-22)26(2,28)29/h7-12,14-17H,5-6,13H2,1-4H3. The minimum atomic E-state index is -2.88. The highest BCUT2D eigenvalue weighted by atomic mass is 19.3. The smallest absolute Gasteiger partial charge is 0.270 e. The normalized spacial score (nSPS) is 21.0. The maximum absolute atomic E-state index is 13.7. The van der Waals surface area contributed by atoms with Gasteiger partial charge in [-0.3, -0.25) is 0 Å². The van der Waals surface area contributed by atoms with Crippen LogP contribution in [-0.4, -0.2) is 33.9 Å². The number of hydrogen-bond acceptors (Lipinski definition) is 5. The Hall–Kier alpha value is -3.68. The van der Waals surface area contributed by atoms with Crippen LogP contribution in [0.25, 0.3) is 11.8 Å². The lowest BCUT2D eigenvalue weighted by atomic mass is 9.94. The van der Waals surface area contributed by atoms with Gasteiger partial charge in [-0.15, -0.1) is 0 Å².